The van der Waals surface area contributed by atoms with E-state index in [1.807, 2.05) is 51.3 Å². The molecule has 0 saturated heterocycles. The number of nitrogens with zero attached hydrogens (tertiary/aromatic N) is 2. The van der Waals surface area contributed by atoms with E-state index in [9.17, 15) is 13.2 Å². The lowest BCUT2D eigenvalue weighted by Crippen LogP contribution is -2.37. The Morgan fingerprint density at radius 2 is 1.75 bits per heavy atom. The maximum atomic E-state index is 13.3. The number of rotatable bonds is 11. The van der Waals surface area contributed by atoms with E-state index < -0.39 is 10.1 Å². The van der Waals surface area contributed by atoms with Gasteiger partial charge < -0.3 is 14.0 Å². The van der Waals surface area contributed by atoms with E-state index in [2.05, 4.69) is 4.90 Å². The zero-order valence-electron chi connectivity index (χ0n) is 20.7. The number of amides is 1. The van der Waals surface area contributed by atoms with Gasteiger partial charge in [0, 0.05) is 43.0 Å². The predicted molar refractivity (Wildman–Crippen MR) is 148 cm³/mol. The Bertz CT molecular complexity index is 1290. The summed E-state index contributed by atoms with van der Waals surface area (Å²) in [5, 5.41) is 2.22. The Labute approximate surface area is 227 Å². The van der Waals surface area contributed by atoms with Crippen LogP contribution in [-0.4, -0.2) is 38.4 Å². The topological polar surface area (TPSA) is 66.9 Å². The number of halogens is 2. The molecule has 0 fully saturated rings. The van der Waals surface area contributed by atoms with Gasteiger partial charge in [-0.3, -0.25) is 4.79 Å². The molecule has 1 aromatic heterocycles. The van der Waals surface area contributed by atoms with Gasteiger partial charge in [0.05, 0.1) is 14.9 Å². The average Bonchev–Trinajstić information content (AvgIpc) is 3.40. The molecule has 3 rings (SSSR count). The number of benzene rings is 2. The van der Waals surface area contributed by atoms with Gasteiger partial charge in [-0.15, -0.1) is 11.3 Å². The molecule has 0 unspecified atom stereocenters. The fourth-order valence-corrected chi connectivity index (χ4v) is 5.74. The minimum absolute atomic E-state index is 0.0680. The number of anilines is 1. The molecule has 194 valence electrons. The Balaban J connectivity index is 2.05. The van der Waals surface area contributed by atoms with Gasteiger partial charge in [-0.05, 0) is 62.9 Å². The molecule has 1 atom stereocenters. The van der Waals surface area contributed by atoms with Gasteiger partial charge in [0.2, 0.25) is 0 Å². The van der Waals surface area contributed by atoms with Crippen molar-refractivity contribution < 1.29 is 17.4 Å². The molecule has 0 saturated carbocycles. The lowest BCUT2D eigenvalue weighted by molar-refractivity contribution is 0.0676. The summed E-state index contributed by atoms with van der Waals surface area (Å²) >= 11 is 13.4. The van der Waals surface area contributed by atoms with Crippen molar-refractivity contribution in [3.8, 4) is 5.75 Å². The Kier molecular flexibility index (Phi) is 9.69. The summed E-state index contributed by atoms with van der Waals surface area (Å²) in [6.45, 7) is 9.70. The van der Waals surface area contributed by atoms with E-state index in [0.29, 0.717) is 10.4 Å². The van der Waals surface area contributed by atoms with Gasteiger partial charge in [-0.1, -0.05) is 42.3 Å². The van der Waals surface area contributed by atoms with Crippen LogP contribution < -0.4 is 9.08 Å². The molecule has 0 aliphatic heterocycles. The van der Waals surface area contributed by atoms with Crippen LogP contribution in [0.25, 0.3) is 0 Å². The second-order valence-electron chi connectivity index (χ2n) is 8.25. The number of thiophene rings is 1. The molecule has 36 heavy (non-hydrogen) atoms. The third-order valence-electron chi connectivity index (χ3n) is 6.01. The summed E-state index contributed by atoms with van der Waals surface area (Å²) in [7, 11) is -4.22. The van der Waals surface area contributed by atoms with Crippen molar-refractivity contribution in [1.82, 2.24) is 4.90 Å². The summed E-state index contributed by atoms with van der Waals surface area (Å²) in [6.07, 6.45) is 0.742. The maximum Gasteiger partial charge on any atom is 0.339 e. The number of carbonyl (C=O) groups excluding carboxylic acids is 1. The third-order valence-corrected chi connectivity index (χ3v) is 8.84. The molecule has 0 aliphatic rings. The number of carbonyl (C=O) groups is 1. The minimum Gasteiger partial charge on any atom is -0.379 e. The highest BCUT2D eigenvalue weighted by Crippen LogP contribution is 2.32. The van der Waals surface area contributed by atoms with E-state index in [-0.39, 0.29) is 39.2 Å². The molecule has 2 aromatic carbocycles. The third kappa shape index (κ3) is 6.54. The summed E-state index contributed by atoms with van der Waals surface area (Å²) < 4.78 is 32.1. The molecular formula is C26H30Cl2N2O4S2. The summed E-state index contributed by atoms with van der Waals surface area (Å²) in [5.74, 6) is 0.0585. The predicted octanol–water partition coefficient (Wildman–Crippen LogP) is 7.11. The number of hydrogen-bond acceptors (Lipinski definition) is 6. The van der Waals surface area contributed by atoms with Crippen LogP contribution in [0.15, 0.2) is 58.8 Å². The number of hydrogen-bond donors (Lipinski definition) is 0. The molecule has 3 aromatic rings. The van der Waals surface area contributed by atoms with Crippen molar-refractivity contribution in [3.05, 3.63) is 74.4 Å². The van der Waals surface area contributed by atoms with Crippen LogP contribution in [0.4, 0.5) is 5.69 Å². The summed E-state index contributed by atoms with van der Waals surface area (Å²) in [5.41, 5.74) is 1.41. The van der Waals surface area contributed by atoms with E-state index in [1.54, 1.807) is 17.0 Å². The molecule has 1 amide bonds. The van der Waals surface area contributed by atoms with Crippen molar-refractivity contribution in [1.29, 1.82) is 0 Å². The molecule has 0 spiro atoms. The van der Waals surface area contributed by atoms with Crippen LogP contribution >= 0.6 is 34.5 Å². The first kappa shape index (κ1) is 28.3. The second kappa shape index (κ2) is 12.3. The van der Waals surface area contributed by atoms with Gasteiger partial charge in [-0.25, -0.2) is 0 Å². The van der Waals surface area contributed by atoms with E-state index in [1.165, 1.54) is 29.5 Å². The molecule has 0 bridgehead atoms. The highest BCUT2D eigenvalue weighted by atomic mass is 35.5. The van der Waals surface area contributed by atoms with Crippen molar-refractivity contribution in [2.75, 3.05) is 18.0 Å². The van der Waals surface area contributed by atoms with Crippen LogP contribution in [0.2, 0.25) is 10.0 Å². The molecule has 0 radical (unpaired) electrons. The van der Waals surface area contributed by atoms with Crippen LogP contribution in [0.5, 0.6) is 5.75 Å². The normalized spacial score (nSPS) is 12.3. The first-order valence-corrected chi connectivity index (χ1v) is 14.8. The quantitative estimate of drug-likeness (QED) is 0.230. The monoisotopic (exact) mass is 568 g/mol. The minimum atomic E-state index is -4.22. The van der Waals surface area contributed by atoms with Crippen LogP contribution in [0.3, 0.4) is 0 Å². The zero-order chi connectivity index (χ0) is 26.5. The lowest BCUT2D eigenvalue weighted by atomic mass is 10.1. The molecule has 10 heteroatoms. The van der Waals surface area contributed by atoms with Crippen molar-refractivity contribution >= 4 is 56.3 Å². The van der Waals surface area contributed by atoms with Crippen molar-refractivity contribution in [2.24, 2.45) is 0 Å². The molecule has 0 aliphatic carbocycles. The summed E-state index contributed by atoms with van der Waals surface area (Å²) in [4.78, 5) is 17.7. The molecule has 1 heterocycles. The smallest absolute Gasteiger partial charge is 0.339 e. The zero-order valence-corrected chi connectivity index (χ0v) is 23.8. The lowest BCUT2D eigenvalue weighted by Gasteiger charge is -2.29. The highest BCUT2D eigenvalue weighted by Gasteiger charge is 2.26. The standard InChI is InChI=1S/C26H30Cl2N2O4S2/c1-5-18(4)30(26(31)25-9-8-14-35-25)17-19-10-11-20(29(6-2)7-3)15-24(19)34-36(32,33)21-12-13-22(27)23(28)16-21/h8-16,18H,5-7,17H2,1-4H3/t18-/m0/s1. The largest absolute Gasteiger partial charge is 0.379 e. The van der Waals surface area contributed by atoms with Crippen molar-refractivity contribution in [3.63, 3.8) is 0 Å². The average molecular weight is 570 g/mol. The highest BCUT2D eigenvalue weighted by molar-refractivity contribution is 7.87. The second-order valence-corrected chi connectivity index (χ2v) is 11.6. The van der Waals surface area contributed by atoms with E-state index in [0.717, 1.165) is 25.2 Å². The summed E-state index contributed by atoms with van der Waals surface area (Å²) in [6, 6.07) is 13.0. The first-order valence-electron chi connectivity index (χ1n) is 11.7. The van der Waals surface area contributed by atoms with Gasteiger partial charge >= 0.3 is 10.1 Å². The van der Waals surface area contributed by atoms with Gasteiger partial charge in [-0.2, -0.15) is 8.42 Å². The molecule has 0 N–H and O–H groups in total. The Hall–Kier alpha value is -2.26. The fraction of sp³-hybridized carbons (Fsp3) is 0.346. The van der Waals surface area contributed by atoms with E-state index >= 15 is 0 Å². The maximum absolute atomic E-state index is 13.3. The van der Waals surface area contributed by atoms with Crippen LogP contribution in [0, 0.1) is 0 Å². The van der Waals surface area contributed by atoms with Gasteiger partial charge in [0.25, 0.3) is 5.91 Å². The SMILES string of the molecule is CC[C@H](C)N(Cc1ccc(N(CC)CC)cc1OS(=O)(=O)c1ccc(Cl)c(Cl)c1)C(=O)c1cccs1. The molecular weight excluding hydrogens is 539 g/mol. The van der Waals surface area contributed by atoms with E-state index in [4.69, 9.17) is 27.4 Å². The fourth-order valence-electron chi connectivity index (χ4n) is 3.71. The Morgan fingerprint density at radius 1 is 1.03 bits per heavy atom. The Morgan fingerprint density at radius 3 is 2.33 bits per heavy atom. The van der Waals surface area contributed by atoms with Gasteiger partial charge in [0.15, 0.2) is 0 Å². The van der Waals surface area contributed by atoms with Gasteiger partial charge in [0.1, 0.15) is 10.6 Å². The van der Waals surface area contributed by atoms with Crippen LogP contribution in [0.1, 0.15) is 49.4 Å². The first-order chi connectivity index (χ1) is 17.1. The van der Waals surface area contributed by atoms with Crippen LogP contribution in [-0.2, 0) is 16.7 Å². The molecule has 6 nitrogen and oxygen atoms in total. The van der Waals surface area contributed by atoms with Crippen molar-refractivity contribution in [2.45, 2.75) is 51.6 Å².